The van der Waals surface area contributed by atoms with Crippen molar-refractivity contribution in [3.05, 3.63) is 40.9 Å². The molecule has 0 saturated carbocycles. The molecule has 0 aromatic carbocycles. The van der Waals surface area contributed by atoms with Gasteiger partial charge in [-0.15, -0.1) is 0 Å². The summed E-state index contributed by atoms with van der Waals surface area (Å²) in [6, 6.07) is 1.66. The fourth-order valence-electron chi connectivity index (χ4n) is 3.00. The van der Waals surface area contributed by atoms with Crippen molar-refractivity contribution in [3.63, 3.8) is 0 Å². The molecule has 21 heavy (non-hydrogen) atoms. The molecule has 0 N–H and O–H groups in total. The predicted octanol–water partition coefficient (Wildman–Crippen LogP) is 5.00. The molecule has 2 rings (SSSR count). The lowest BCUT2D eigenvalue weighted by atomic mass is 9.72. The number of allylic oxidation sites excluding steroid dienone is 3. The SMILES string of the molecule is CCOC(=O)c1ccoc1/C=C/C1=C(C)CCCC1(C)C. The van der Waals surface area contributed by atoms with Crippen LogP contribution < -0.4 is 0 Å². The van der Waals surface area contributed by atoms with Crippen molar-refractivity contribution in [2.24, 2.45) is 5.41 Å². The molecule has 1 heterocycles. The average molecular weight is 288 g/mol. The maximum atomic E-state index is 11.8. The number of rotatable bonds is 4. The summed E-state index contributed by atoms with van der Waals surface area (Å²) in [7, 11) is 0. The van der Waals surface area contributed by atoms with Crippen LogP contribution in [-0.4, -0.2) is 12.6 Å². The second-order valence-electron chi connectivity index (χ2n) is 6.18. The van der Waals surface area contributed by atoms with Crippen LogP contribution in [-0.2, 0) is 4.74 Å². The third-order valence-corrected chi connectivity index (χ3v) is 4.13. The first-order valence-corrected chi connectivity index (χ1v) is 7.58. The topological polar surface area (TPSA) is 39.4 Å². The van der Waals surface area contributed by atoms with E-state index in [1.54, 1.807) is 13.0 Å². The summed E-state index contributed by atoms with van der Waals surface area (Å²) in [4.78, 5) is 11.8. The van der Waals surface area contributed by atoms with E-state index in [0.717, 1.165) is 6.42 Å². The van der Waals surface area contributed by atoms with E-state index in [9.17, 15) is 4.79 Å². The molecule has 0 radical (unpaired) electrons. The summed E-state index contributed by atoms with van der Waals surface area (Å²) in [6.45, 7) is 8.89. The van der Waals surface area contributed by atoms with Gasteiger partial charge in [0, 0.05) is 0 Å². The number of carbonyl (C=O) groups excluding carboxylic acids is 1. The Balaban J connectivity index is 2.26. The Morgan fingerprint density at radius 2 is 2.19 bits per heavy atom. The molecule has 0 unspecified atom stereocenters. The number of hydrogen-bond donors (Lipinski definition) is 0. The van der Waals surface area contributed by atoms with Gasteiger partial charge in [0.1, 0.15) is 11.3 Å². The molecule has 0 fully saturated rings. The Bertz CT molecular complexity index is 573. The van der Waals surface area contributed by atoms with Gasteiger partial charge in [-0.1, -0.05) is 25.5 Å². The number of hydrogen-bond acceptors (Lipinski definition) is 3. The molecule has 1 aliphatic carbocycles. The molecule has 1 aromatic heterocycles. The van der Waals surface area contributed by atoms with Gasteiger partial charge in [0.05, 0.1) is 12.9 Å². The Hall–Kier alpha value is -1.77. The minimum absolute atomic E-state index is 0.176. The lowest BCUT2D eigenvalue weighted by Crippen LogP contribution is -2.19. The van der Waals surface area contributed by atoms with E-state index in [1.807, 2.05) is 6.08 Å². The van der Waals surface area contributed by atoms with Crippen molar-refractivity contribution < 1.29 is 13.9 Å². The quantitative estimate of drug-likeness (QED) is 0.732. The Kier molecular flexibility index (Phi) is 4.71. The smallest absolute Gasteiger partial charge is 0.342 e. The molecule has 0 aliphatic heterocycles. The molecule has 0 bridgehead atoms. The zero-order valence-electron chi connectivity index (χ0n) is 13.4. The van der Waals surface area contributed by atoms with Crippen molar-refractivity contribution in [1.29, 1.82) is 0 Å². The third-order valence-electron chi connectivity index (χ3n) is 4.13. The molecule has 3 heteroatoms. The molecule has 114 valence electrons. The highest BCUT2D eigenvalue weighted by molar-refractivity contribution is 5.92. The monoisotopic (exact) mass is 288 g/mol. The van der Waals surface area contributed by atoms with E-state index < -0.39 is 0 Å². The number of esters is 1. The van der Waals surface area contributed by atoms with Crippen LogP contribution in [0.15, 0.2) is 34.0 Å². The highest BCUT2D eigenvalue weighted by Crippen LogP contribution is 2.41. The summed E-state index contributed by atoms with van der Waals surface area (Å²) >= 11 is 0. The summed E-state index contributed by atoms with van der Waals surface area (Å²) in [5.74, 6) is 0.231. The van der Waals surface area contributed by atoms with Gasteiger partial charge in [-0.25, -0.2) is 4.79 Å². The fourth-order valence-corrected chi connectivity index (χ4v) is 3.00. The molecule has 1 aliphatic rings. The van der Waals surface area contributed by atoms with Crippen LogP contribution in [0.5, 0.6) is 0 Å². The van der Waals surface area contributed by atoms with E-state index in [2.05, 4.69) is 26.8 Å². The van der Waals surface area contributed by atoms with Crippen molar-refractivity contribution in [2.75, 3.05) is 6.61 Å². The van der Waals surface area contributed by atoms with Crippen molar-refractivity contribution in [3.8, 4) is 0 Å². The van der Waals surface area contributed by atoms with Gasteiger partial charge in [0.15, 0.2) is 0 Å². The summed E-state index contributed by atoms with van der Waals surface area (Å²) in [5, 5.41) is 0. The van der Waals surface area contributed by atoms with Crippen LogP contribution in [0.4, 0.5) is 0 Å². The van der Waals surface area contributed by atoms with E-state index in [1.165, 1.54) is 30.3 Å². The first kappa shape index (κ1) is 15.6. The summed E-state index contributed by atoms with van der Waals surface area (Å²) < 4.78 is 10.5. The molecule has 0 atom stereocenters. The molecule has 3 nitrogen and oxygen atoms in total. The second kappa shape index (κ2) is 6.33. The van der Waals surface area contributed by atoms with Gasteiger partial charge in [-0.05, 0) is 56.2 Å². The van der Waals surface area contributed by atoms with Crippen LogP contribution in [0.2, 0.25) is 0 Å². The van der Waals surface area contributed by atoms with E-state index in [0.29, 0.717) is 17.9 Å². The van der Waals surface area contributed by atoms with Crippen LogP contribution >= 0.6 is 0 Å². The van der Waals surface area contributed by atoms with Gasteiger partial charge >= 0.3 is 5.97 Å². The largest absolute Gasteiger partial charge is 0.464 e. The molecular weight excluding hydrogens is 264 g/mol. The highest BCUT2D eigenvalue weighted by atomic mass is 16.5. The lowest BCUT2D eigenvalue weighted by Gasteiger charge is -2.32. The number of furan rings is 1. The van der Waals surface area contributed by atoms with Crippen molar-refractivity contribution >= 4 is 12.0 Å². The van der Waals surface area contributed by atoms with Crippen LogP contribution in [0.1, 0.15) is 63.1 Å². The van der Waals surface area contributed by atoms with Gasteiger partial charge in [-0.3, -0.25) is 0 Å². The van der Waals surface area contributed by atoms with Gasteiger partial charge < -0.3 is 9.15 Å². The van der Waals surface area contributed by atoms with Gasteiger partial charge in [-0.2, -0.15) is 0 Å². The zero-order chi connectivity index (χ0) is 15.5. The first-order valence-electron chi connectivity index (χ1n) is 7.58. The van der Waals surface area contributed by atoms with Crippen molar-refractivity contribution in [1.82, 2.24) is 0 Å². The first-order chi connectivity index (χ1) is 9.95. The maximum Gasteiger partial charge on any atom is 0.342 e. The molecule has 0 spiro atoms. The van der Waals surface area contributed by atoms with E-state index in [-0.39, 0.29) is 11.4 Å². The number of carbonyl (C=O) groups is 1. The van der Waals surface area contributed by atoms with Crippen LogP contribution in [0.3, 0.4) is 0 Å². The normalized spacial score (nSPS) is 18.3. The Labute approximate surface area is 126 Å². The summed E-state index contributed by atoms with van der Waals surface area (Å²) in [5.41, 5.74) is 3.43. The average Bonchev–Trinajstić information content (AvgIpc) is 2.86. The fraction of sp³-hybridized carbons (Fsp3) is 0.500. The zero-order valence-corrected chi connectivity index (χ0v) is 13.4. The van der Waals surface area contributed by atoms with E-state index in [4.69, 9.17) is 9.15 Å². The predicted molar refractivity (Wildman–Crippen MR) is 84.0 cm³/mol. The Morgan fingerprint density at radius 1 is 1.43 bits per heavy atom. The van der Waals surface area contributed by atoms with E-state index >= 15 is 0 Å². The standard InChI is InChI=1S/C18H24O3/c1-5-20-17(19)14-10-12-21-16(14)9-8-15-13(2)7-6-11-18(15,3)4/h8-10,12H,5-7,11H2,1-4H3/b9-8+. The summed E-state index contributed by atoms with van der Waals surface area (Å²) in [6.07, 6.45) is 9.08. The Morgan fingerprint density at radius 3 is 2.86 bits per heavy atom. The van der Waals surface area contributed by atoms with Gasteiger partial charge in [0.2, 0.25) is 0 Å². The minimum atomic E-state index is -0.334. The maximum absolute atomic E-state index is 11.8. The minimum Gasteiger partial charge on any atom is -0.464 e. The van der Waals surface area contributed by atoms with Crippen LogP contribution in [0.25, 0.3) is 6.08 Å². The van der Waals surface area contributed by atoms with Gasteiger partial charge in [0.25, 0.3) is 0 Å². The second-order valence-corrected chi connectivity index (χ2v) is 6.18. The van der Waals surface area contributed by atoms with Crippen molar-refractivity contribution in [2.45, 2.75) is 47.0 Å². The molecule has 1 aromatic rings. The molecule has 0 saturated heterocycles. The lowest BCUT2D eigenvalue weighted by molar-refractivity contribution is 0.0525. The van der Waals surface area contributed by atoms with Crippen LogP contribution in [0, 0.1) is 5.41 Å². The highest BCUT2D eigenvalue weighted by Gasteiger charge is 2.26. The number of ether oxygens (including phenoxy) is 1. The third kappa shape index (κ3) is 3.46. The molecular formula is C18H24O3. The molecule has 0 amide bonds.